The van der Waals surface area contributed by atoms with Gasteiger partial charge in [-0.3, -0.25) is 0 Å². The molecule has 1 aromatic carbocycles. The molecule has 0 saturated heterocycles. The maximum Gasteiger partial charge on any atom is 0.140 e. The molecule has 0 bridgehead atoms. The van der Waals surface area contributed by atoms with E-state index < -0.39 is 0 Å². The molecule has 0 unspecified atom stereocenters. The molecule has 1 aromatic heterocycles. The first kappa shape index (κ1) is 12.3. The zero-order valence-electron chi connectivity index (χ0n) is 10.1. The van der Waals surface area contributed by atoms with Crippen LogP contribution < -0.4 is 5.73 Å². The van der Waals surface area contributed by atoms with Crippen molar-refractivity contribution in [3.05, 3.63) is 40.1 Å². The second-order valence-electron chi connectivity index (χ2n) is 4.08. The van der Waals surface area contributed by atoms with Gasteiger partial charge in [0.2, 0.25) is 0 Å². The number of imidazole rings is 1. The van der Waals surface area contributed by atoms with Crippen LogP contribution in [-0.4, -0.2) is 16.1 Å². The summed E-state index contributed by atoms with van der Waals surface area (Å²) in [7, 11) is 2.04. The van der Waals surface area contributed by atoms with Crippen molar-refractivity contribution in [3.8, 4) is 11.4 Å². The molecule has 0 spiro atoms. The minimum atomic E-state index is 0.635. The van der Waals surface area contributed by atoms with Crippen LogP contribution in [-0.2, 0) is 13.5 Å². The molecular formula is C13H16BrN3. The fourth-order valence-electron chi connectivity index (χ4n) is 1.90. The summed E-state index contributed by atoms with van der Waals surface area (Å²) in [6.07, 6.45) is 0.827. The summed E-state index contributed by atoms with van der Waals surface area (Å²) in [5.41, 5.74) is 8.99. The lowest BCUT2D eigenvalue weighted by atomic mass is 10.2. The number of nitrogens with zero attached hydrogens (tertiary/aromatic N) is 2. The van der Waals surface area contributed by atoms with E-state index in [1.54, 1.807) is 0 Å². The highest BCUT2D eigenvalue weighted by Crippen LogP contribution is 2.24. The lowest BCUT2D eigenvalue weighted by Gasteiger charge is -2.03. The van der Waals surface area contributed by atoms with Gasteiger partial charge in [0.25, 0.3) is 0 Å². The van der Waals surface area contributed by atoms with Crippen molar-refractivity contribution in [1.29, 1.82) is 0 Å². The Morgan fingerprint density at radius 2 is 2.18 bits per heavy atom. The van der Waals surface area contributed by atoms with Gasteiger partial charge in [0, 0.05) is 29.2 Å². The Labute approximate surface area is 110 Å². The van der Waals surface area contributed by atoms with Gasteiger partial charge in [0.1, 0.15) is 5.82 Å². The maximum atomic E-state index is 5.59. The fraction of sp³-hybridized carbons (Fsp3) is 0.308. The van der Waals surface area contributed by atoms with Crippen molar-refractivity contribution < 1.29 is 0 Å². The van der Waals surface area contributed by atoms with Gasteiger partial charge in [-0.15, -0.1) is 0 Å². The third kappa shape index (κ3) is 2.42. The molecule has 0 fully saturated rings. The van der Waals surface area contributed by atoms with Crippen LogP contribution in [0.1, 0.15) is 11.4 Å². The Morgan fingerprint density at radius 3 is 2.82 bits per heavy atom. The summed E-state index contributed by atoms with van der Waals surface area (Å²) < 4.78 is 3.18. The highest BCUT2D eigenvalue weighted by atomic mass is 79.9. The van der Waals surface area contributed by atoms with Crippen LogP contribution in [0.15, 0.2) is 28.7 Å². The molecule has 17 heavy (non-hydrogen) atoms. The molecule has 0 atom stereocenters. The fourth-order valence-corrected chi connectivity index (χ4v) is 2.29. The first-order chi connectivity index (χ1) is 8.13. The Hall–Kier alpha value is -1.13. The van der Waals surface area contributed by atoms with E-state index in [4.69, 9.17) is 5.73 Å². The SMILES string of the molecule is Cc1c(CCN)nc(-c2cccc(Br)c2)n1C. The van der Waals surface area contributed by atoms with Gasteiger partial charge >= 0.3 is 0 Å². The normalized spacial score (nSPS) is 10.8. The van der Waals surface area contributed by atoms with Crippen LogP contribution in [0.5, 0.6) is 0 Å². The van der Waals surface area contributed by atoms with Gasteiger partial charge < -0.3 is 10.3 Å². The lowest BCUT2D eigenvalue weighted by molar-refractivity contribution is 0.865. The maximum absolute atomic E-state index is 5.59. The Balaban J connectivity index is 2.49. The summed E-state index contributed by atoms with van der Waals surface area (Å²) in [5.74, 6) is 0.993. The monoisotopic (exact) mass is 293 g/mol. The van der Waals surface area contributed by atoms with Crippen molar-refractivity contribution >= 4 is 15.9 Å². The highest BCUT2D eigenvalue weighted by molar-refractivity contribution is 9.10. The molecule has 1 heterocycles. The highest BCUT2D eigenvalue weighted by Gasteiger charge is 2.12. The van der Waals surface area contributed by atoms with Crippen molar-refractivity contribution in [1.82, 2.24) is 9.55 Å². The molecule has 2 rings (SSSR count). The van der Waals surface area contributed by atoms with Crippen LogP contribution in [0, 0.1) is 6.92 Å². The molecule has 0 aliphatic rings. The van der Waals surface area contributed by atoms with Crippen molar-refractivity contribution in [2.45, 2.75) is 13.3 Å². The van der Waals surface area contributed by atoms with Gasteiger partial charge in [0.15, 0.2) is 0 Å². The number of hydrogen-bond donors (Lipinski definition) is 1. The van der Waals surface area contributed by atoms with E-state index in [1.807, 2.05) is 19.2 Å². The van der Waals surface area contributed by atoms with E-state index >= 15 is 0 Å². The standard InChI is InChI=1S/C13H16BrN3/c1-9-12(6-7-15)16-13(17(9)2)10-4-3-5-11(14)8-10/h3-5,8H,6-7,15H2,1-2H3. The molecule has 2 aromatic rings. The average Bonchev–Trinajstić information content (AvgIpc) is 2.58. The van der Waals surface area contributed by atoms with Crippen LogP contribution in [0.3, 0.4) is 0 Å². The summed E-state index contributed by atoms with van der Waals surface area (Å²) in [5, 5.41) is 0. The van der Waals surface area contributed by atoms with Crippen LogP contribution >= 0.6 is 15.9 Å². The molecule has 90 valence electrons. The van der Waals surface area contributed by atoms with Crippen molar-refractivity contribution in [2.24, 2.45) is 12.8 Å². The van der Waals surface area contributed by atoms with Crippen molar-refractivity contribution in [3.63, 3.8) is 0 Å². The van der Waals surface area contributed by atoms with Crippen LogP contribution in [0.25, 0.3) is 11.4 Å². The zero-order valence-corrected chi connectivity index (χ0v) is 11.7. The molecule has 0 aliphatic carbocycles. The minimum Gasteiger partial charge on any atom is -0.331 e. The number of aromatic nitrogens is 2. The number of hydrogen-bond acceptors (Lipinski definition) is 2. The second-order valence-corrected chi connectivity index (χ2v) is 4.99. The largest absolute Gasteiger partial charge is 0.331 e. The van der Waals surface area contributed by atoms with E-state index in [0.717, 1.165) is 28.0 Å². The van der Waals surface area contributed by atoms with E-state index in [9.17, 15) is 0 Å². The molecule has 0 aliphatic heterocycles. The first-order valence-corrected chi connectivity index (χ1v) is 6.41. The number of benzene rings is 1. The van der Waals surface area contributed by atoms with E-state index in [-0.39, 0.29) is 0 Å². The number of nitrogens with two attached hydrogens (primary N) is 1. The van der Waals surface area contributed by atoms with E-state index in [2.05, 4.69) is 44.5 Å². The topological polar surface area (TPSA) is 43.8 Å². The van der Waals surface area contributed by atoms with Crippen LogP contribution in [0.2, 0.25) is 0 Å². The number of halogens is 1. The summed E-state index contributed by atoms with van der Waals surface area (Å²) in [6, 6.07) is 8.18. The minimum absolute atomic E-state index is 0.635. The molecule has 3 nitrogen and oxygen atoms in total. The summed E-state index contributed by atoms with van der Waals surface area (Å²) in [6.45, 7) is 2.72. The predicted molar refractivity (Wildman–Crippen MR) is 73.8 cm³/mol. The van der Waals surface area contributed by atoms with Gasteiger partial charge in [0.05, 0.1) is 5.69 Å². The van der Waals surface area contributed by atoms with Gasteiger partial charge in [-0.1, -0.05) is 28.1 Å². The quantitative estimate of drug-likeness (QED) is 0.945. The Morgan fingerprint density at radius 1 is 1.41 bits per heavy atom. The average molecular weight is 294 g/mol. The van der Waals surface area contributed by atoms with Crippen molar-refractivity contribution in [2.75, 3.05) is 6.54 Å². The lowest BCUT2D eigenvalue weighted by Crippen LogP contribution is -2.04. The zero-order chi connectivity index (χ0) is 12.4. The van der Waals surface area contributed by atoms with E-state index in [0.29, 0.717) is 6.54 Å². The molecule has 0 radical (unpaired) electrons. The Bertz CT molecular complexity index is 531. The van der Waals surface area contributed by atoms with Gasteiger partial charge in [-0.05, 0) is 25.6 Å². The molecule has 4 heteroatoms. The molecule has 2 N–H and O–H groups in total. The second kappa shape index (κ2) is 5.02. The Kier molecular flexibility index (Phi) is 3.64. The molecule has 0 saturated carbocycles. The summed E-state index contributed by atoms with van der Waals surface area (Å²) in [4.78, 5) is 4.67. The smallest absolute Gasteiger partial charge is 0.140 e. The number of rotatable bonds is 3. The first-order valence-electron chi connectivity index (χ1n) is 5.61. The van der Waals surface area contributed by atoms with Gasteiger partial charge in [-0.25, -0.2) is 4.98 Å². The molecular weight excluding hydrogens is 278 g/mol. The van der Waals surface area contributed by atoms with Gasteiger partial charge in [-0.2, -0.15) is 0 Å². The third-order valence-electron chi connectivity index (χ3n) is 2.94. The van der Waals surface area contributed by atoms with E-state index in [1.165, 1.54) is 5.69 Å². The molecule has 0 amide bonds. The predicted octanol–water partition coefficient (Wildman–Crippen LogP) is 2.66. The van der Waals surface area contributed by atoms with Crippen LogP contribution in [0.4, 0.5) is 0 Å². The summed E-state index contributed by atoms with van der Waals surface area (Å²) >= 11 is 3.48. The third-order valence-corrected chi connectivity index (χ3v) is 3.44.